The Morgan fingerprint density at radius 2 is 1.20 bits per heavy atom. The number of amidine groups is 2. The van der Waals surface area contributed by atoms with Crippen molar-refractivity contribution in [2.24, 2.45) is 20.8 Å². The van der Waals surface area contributed by atoms with Crippen molar-refractivity contribution in [3.63, 3.8) is 0 Å². The molecule has 0 aromatic carbocycles. The van der Waals surface area contributed by atoms with Gasteiger partial charge in [-0.25, -0.2) is 9.98 Å². The van der Waals surface area contributed by atoms with Crippen molar-refractivity contribution in [3.8, 4) is 0 Å². The fourth-order valence-electron chi connectivity index (χ4n) is 4.47. The van der Waals surface area contributed by atoms with Gasteiger partial charge in [-0.15, -0.1) is 0 Å². The molecule has 2 aliphatic heterocycles. The highest BCUT2D eigenvalue weighted by Crippen LogP contribution is 2.44. The molecule has 10 heteroatoms. The molecule has 2 heterocycles. The third kappa shape index (κ3) is 4.99. The average Bonchev–Trinajstić information content (AvgIpc) is 3.34. The largest absolute Gasteiger partial charge is 0.465 e. The number of allylic oxidation sites excluding steroid dienone is 4. The lowest BCUT2D eigenvalue weighted by Gasteiger charge is -2.28. The topological polar surface area (TPSA) is 125 Å². The van der Waals surface area contributed by atoms with E-state index in [1.54, 1.807) is 13.8 Å². The van der Waals surface area contributed by atoms with E-state index in [2.05, 4.69) is 9.98 Å². The van der Waals surface area contributed by atoms with Crippen LogP contribution in [0.5, 0.6) is 0 Å². The molecule has 2 aliphatic carbocycles. The lowest BCUT2D eigenvalue weighted by atomic mass is 9.79. The van der Waals surface area contributed by atoms with Gasteiger partial charge in [0.15, 0.2) is 10.3 Å². The molecule has 2 N–H and O–H groups in total. The molecule has 2 unspecified atom stereocenters. The van der Waals surface area contributed by atoms with Crippen molar-refractivity contribution in [1.29, 1.82) is 10.8 Å². The number of nitrogens with one attached hydrogen (secondary N) is 2. The first-order valence-corrected chi connectivity index (χ1v) is 13.2. The van der Waals surface area contributed by atoms with E-state index in [4.69, 9.17) is 20.3 Å². The molecule has 0 spiro atoms. The number of rotatable bonds is 8. The summed E-state index contributed by atoms with van der Waals surface area (Å²) in [5.41, 5.74) is 1.47. The molecular formula is C25H28N4O4S2. The first kappa shape index (κ1) is 25.4. The standard InChI is InChI=1S/C25H28N4O4S2/c1-5-32-20(30)24(3)10-14(18-16(12-24)34-22(26)28-18)8-7-9-15-11-25(4,21(31)33-6-2)13-17-19(15)29-23(27)35-17/h10-13,26-27H,5-9H2,1-4H3. The second kappa shape index (κ2) is 9.73. The maximum Gasteiger partial charge on any atom is 0.319 e. The summed E-state index contributed by atoms with van der Waals surface area (Å²) in [4.78, 5) is 35.8. The van der Waals surface area contributed by atoms with E-state index in [9.17, 15) is 9.59 Å². The van der Waals surface area contributed by atoms with Crippen LogP contribution in [-0.2, 0) is 19.1 Å². The second-order valence-corrected chi connectivity index (χ2v) is 11.0. The molecule has 8 nitrogen and oxygen atoms in total. The normalized spacial score (nSPS) is 27.1. The Labute approximate surface area is 213 Å². The van der Waals surface area contributed by atoms with Crippen LogP contribution in [0.25, 0.3) is 0 Å². The summed E-state index contributed by atoms with van der Waals surface area (Å²) in [6.45, 7) is 7.79. The monoisotopic (exact) mass is 512 g/mol. The van der Waals surface area contributed by atoms with Gasteiger partial charge in [-0.3, -0.25) is 20.4 Å². The van der Waals surface area contributed by atoms with Gasteiger partial charge in [0.25, 0.3) is 0 Å². The van der Waals surface area contributed by atoms with Gasteiger partial charge < -0.3 is 9.47 Å². The van der Waals surface area contributed by atoms with Gasteiger partial charge in [0.2, 0.25) is 0 Å². The van der Waals surface area contributed by atoms with Crippen LogP contribution >= 0.6 is 23.5 Å². The maximum atomic E-state index is 12.7. The zero-order chi connectivity index (χ0) is 25.4. The van der Waals surface area contributed by atoms with Crippen molar-refractivity contribution in [2.45, 2.75) is 47.0 Å². The third-order valence-corrected chi connectivity index (χ3v) is 7.68. The molecule has 4 aliphatic rings. The fraction of sp³-hybridized carbons (Fsp3) is 0.440. The minimum absolute atomic E-state index is 0.205. The number of aliphatic imine (C=N–C) groups is 2. The van der Waals surface area contributed by atoms with Crippen LogP contribution in [0.2, 0.25) is 0 Å². The fourth-order valence-corrected chi connectivity index (χ4v) is 6.31. The Balaban J connectivity index is 1.57. The number of carbonyl (C=O) groups excluding carboxylic acids is 2. The molecular weight excluding hydrogens is 484 g/mol. The number of carbonyl (C=O) groups is 2. The van der Waals surface area contributed by atoms with Crippen LogP contribution in [-0.4, -0.2) is 46.9 Å². The van der Waals surface area contributed by atoms with E-state index in [1.807, 2.05) is 38.2 Å². The summed E-state index contributed by atoms with van der Waals surface area (Å²) >= 11 is 2.50. The number of hydrogen-bond acceptors (Lipinski definition) is 8. The Kier molecular flexibility index (Phi) is 7.06. The van der Waals surface area contributed by atoms with Crippen LogP contribution in [0.15, 0.2) is 55.2 Å². The van der Waals surface area contributed by atoms with Gasteiger partial charge in [-0.05, 0) is 93.8 Å². The molecule has 0 amide bonds. The van der Waals surface area contributed by atoms with Gasteiger partial charge >= 0.3 is 11.9 Å². The van der Waals surface area contributed by atoms with Gasteiger partial charge in [-0.2, -0.15) is 0 Å². The number of ether oxygens (including phenoxy) is 2. The van der Waals surface area contributed by atoms with Crippen molar-refractivity contribution in [2.75, 3.05) is 13.2 Å². The lowest BCUT2D eigenvalue weighted by molar-refractivity contribution is -0.150. The molecule has 0 saturated carbocycles. The Morgan fingerprint density at radius 1 is 0.800 bits per heavy atom. The van der Waals surface area contributed by atoms with Gasteiger partial charge in [0.05, 0.1) is 24.6 Å². The molecule has 35 heavy (non-hydrogen) atoms. The predicted molar refractivity (Wildman–Crippen MR) is 141 cm³/mol. The smallest absolute Gasteiger partial charge is 0.319 e. The van der Waals surface area contributed by atoms with E-state index in [1.165, 1.54) is 23.5 Å². The van der Waals surface area contributed by atoms with Crippen LogP contribution in [0.1, 0.15) is 47.0 Å². The molecule has 2 atom stereocenters. The highest BCUT2D eigenvalue weighted by atomic mass is 32.2. The average molecular weight is 513 g/mol. The van der Waals surface area contributed by atoms with Crippen molar-refractivity contribution in [3.05, 3.63) is 45.3 Å². The summed E-state index contributed by atoms with van der Waals surface area (Å²) in [5.74, 6) is -0.650. The number of hydrogen-bond donors (Lipinski definition) is 2. The summed E-state index contributed by atoms with van der Waals surface area (Å²) in [6, 6.07) is 0. The molecule has 0 saturated heterocycles. The highest BCUT2D eigenvalue weighted by molar-refractivity contribution is 8.18. The maximum absolute atomic E-state index is 12.7. The van der Waals surface area contributed by atoms with Crippen molar-refractivity contribution in [1.82, 2.24) is 0 Å². The van der Waals surface area contributed by atoms with Crippen molar-refractivity contribution < 1.29 is 19.1 Å². The lowest BCUT2D eigenvalue weighted by Crippen LogP contribution is -2.30. The minimum Gasteiger partial charge on any atom is -0.465 e. The molecule has 0 aromatic heterocycles. The molecule has 0 bridgehead atoms. The Bertz CT molecular complexity index is 1120. The number of nitrogens with zero attached hydrogens (tertiary/aromatic N) is 2. The van der Waals surface area contributed by atoms with E-state index in [0.717, 1.165) is 32.4 Å². The van der Waals surface area contributed by atoms with E-state index in [-0.39, 0.29) is 22.3 Å². The highest BCUT2D eigenvalue weighted by Gasteiger charge is 2.40. The predicted octanol–water partition coefficient (Wildman–Crippen LogP) is 5.19. The van der Waals surface area contributed by atoms with E-state index < -0.39 is 10.8 Å². The van der Waals surface area contributed by atoms with Crippen LogP contribution in [0.3, 0.4) is 0 Å². The second-order valence-electron chi connectivity index (χ2n) is 8.95. The van der Waals surface area contributed by atoms with Crippen LogP contribution in [0.4, 0.5) is 0 Å². The summed E-state index contributed by atoms with van der Waals surface area (Å²) < 4.78 is 10.6. The first-order chi connectivity index (χ1) is 16.6. The van der Waals surface area contributed by atoms with Crippen LogP contribution in [0, 0.1) is 21.6 Å². The Hall–Kier alpha value is -2.72. The Morgan fingerprint density at radius 3 is 1.57 bits per heavy atom. The molecule has 0 aromatic rings. The van der Waals surface area contributed by atoms with Gasteiger partial charge in [0, 0.05) is 9.81 Å². The van der Waals surface area contributed by atoms with Gasteiger partial charge in [-0.1, -0.05) is 12.2 Å². The molecule has 4 rings (SSSR count). The quantitative estimate of drug-likeness (QED) is 0.431. The van der Waals surface area contributed by atoms with Crippen LogP contribution < -0.4 is 0 Å². The molecule has 0 radical (unpaired) electrons. The summed E-state index contributed by atoms with van der Waals surface area (Å²) in [6.07, 6.45) is 9.43. The van der Waals surface area contributed by atoms with Gasteiger partial charge in [0.1, 0.15) is 10.8 Å². The molecule has 184 valence electrons. The first-order valence-electron chi connectivity index (χ1n) is 11.5. The number of thioether (sulfide) groups is 2. The summed E-state index contributed by atoms with van der Waals surface area (Å²) in [5, 5.41) is 16.4. The zero-order valence-corrected chi connectivity index (χ0v) is 21.8. The minimum atomic E-state index is -0.916. The number of fused-ring (bicyclic) bond motifs is 2. The third-order valence-electron chi connectivity index (χ3n) is 6.05. The van der Waals surface area contributed by atoms with E-state index in [0.29, 0.717) is 32.5 Å². The van der Waals surface area contributed by atoms with E-state index >= 15 is 0 Å². The SMILES string of the molecule is CCOC(=O)C1(C)C=C(CCCC2=CC(C)(C(=O)OCC)C=C3SC(=N)N=C23)C2=NC(=N)SC2=C1. The summed E-state index contributed by atoms with van der Waals surface area (Å²) in [7, 11) is 0. The zero-order valence-electron chi connectivity index (χ0n) is 20.2. The number of esters is 2. The van der Waals surface area contributed by atoms with Crippen molar-refractivity contribution >= 4 is 57.2 Å². The molecule has 0 fully saturated rings.